The van der Waals surface area contributed by atoms with Crippen LogP contribution in [0, 0.1) is 11.2 Å². The van der Waals surface area contributed by atoms with Gasteiger partial charge in [-0.05, 0) is 48.4 Å². The second kappa shape index (κ2) is 4.25. The SMILES string of the molecule is CC1(C)CCCC(N)(c2cc(F)ccc2Cl)C1. The lowest BCUT2D eigenvalue weighted by Gasteiger charge is -2.43. The molecule has 2 N–H and O–H groups in total. The van der Waals surface area contributed by atoms with Crippen LogP contribution in [-0.4, -0.2) is 0 Å². The summed E-state index contributed by atoms with van der Waals surface area (Å²) in [5, 5.41) is 0.576. The Hall–Kier alpha value is -0.600. The van der Waals surface area contributed by atoms with E-state index in [4.69, 9.17) is 17.3 Å². The predicted molar refractivity (Wildman–Crippen MR) is 69.5 cm³/mol. The topological polar surface area (TPSA) is 26.0 Å². The average Bonchev–Trinajstić information content (AvgIpc) is 2.19. The van der Waals surface area contributed by atoms with Crippen LogP contribution >= 0.6 is 11.6 Å². The van der Waals surface area contributed by atoms with Gasteiger partial charge in [0.1, 0.15) is 5.82 Å². The summed E-state index contributed by atoms with van der Waals surface area (Å²) in [5.74, 6) is -0.266. The van der Waals surface area contributed by atoms with E-state index in [9.17, 15) is 4.39 Å². The molecule has 0 heterocycles. The van der Waals surface area contributed by atoms with Crippen LogP contribution in [0.5, 0.6) is 0 Å². The second-order valence-corrected chi connectivity index (χ2v) is 6.38. The number of halogens is 2. The molecule has 0 bridgehead atoms. The van der Waals surface area contributed by atoms with Gasteiger partial charge in [-0.2, -0.15) is 0 Å². The third-order valence-corrected chi connectivity index (χ3v) is 4.06. The third-order valence-electron chi connectivity index (χ3n) is 3.74. The van der Waals surface area contributed by atoms with Gasteiger partial charge in [0, 0.05) is 10.6 Å². The maximum Gasteiger partial charge on any atom is 0.123 e. The number of nitrogens with two attached hydrogens (primary N) is 1. The maximum absolute atomic E-state index is 13.4. The summed E-state index contributed by atoms with van der Waals surface area (Å²) in [6.45, 7) is 4.42. The highest BCUT2D eigenvalue weighted by atomic mass is 35.5. The van der Waals surface area contributed by atoms with Crippen LogP contribution in [0.25, 0.3) is 0 Å². The molecule has 0 aromatic heterocycles. The number of benzene rings is 1. The van der Waals surface area contributed by atoms with Crippen LogP contribution in [0.2, 0.25) is 5.02 Å². The quantitative estimate of drug-likeness (QED) is 0.798. The van der Waals surface area contributed by atoms with E-state index in [1.807, 2.05) is 0 Å². The van der Waals surface area contributed by atoms with Crippen LogP contribution in [0.1, 0.15) is 45.1 Å². The first-order chi connectivity index (χ1) is 7.82. The molecule has 1 aliphatic rings. The van der Waals surface area contributed by atoms with Crippen LogP contribution < -0.4 is 5.73 Å². The molecule has 1 aromatic carbocycles. The Kier molecular flexibility index (Phi) is 3.21. The van der Waals surface area contributed by atoms with Crippen molar-refractivity contribution in [2.45, 2.75) is 45.1 Å². The van der Waals surface area contributed by atoms with E-state index in [-0.39, 0.29) is 11.2 Å². The minimum Gasteiger partial charge on any atom is -0.321 e. The van der Waals surface area contributed by atoms with E-state index < -0.39 is 5.54 Å². The molecule has 1 aromatic rings. The van der Waals surface area contributed by atoms with Crippen molar-refractivity contribution < 1.29 is 4.39 Å². The molecule has 0 amide bonds. The molecule has 1 unspecified atom stereocenters. The van der Waals surface area contributed by atoms with Crippen LogP contribution in [-0.2, 0) is 5.54 Å². The summed E-state index contributed by atoms with van der Waals surface area (Å²) < 4.78 is 13.4. The highest BCUT2D eigenvalue weighted by Crippen LogP contribution is 2.46. The van der Waals surface area contributed by atoms with Gasteiger partial charge in [-0.25, -0.2) is 4.39 Å². The Morgan fingerprint density at radius 3 is 2.65 bits per heavy atom. The normalized spacial score (nSPS) is 28.1. The molecule has 0 spiro atoms. The average molecular weight is 256 g/mol. The number of hydrogen-bond donors (Lipinski definition) is 1. The molecule has 1 atom stereocenters. The molecule has 1 aliphatic carbocycles. The van der Waals surface area contributed by atoms with E-state index in [0.29, 0.717) is 5.02 Å². The van der Waals surface area contributed by atoms with Crippen molar-refractivity contribution in [3.8, 4) is 0 Å². The standard InChI is InChI=1S/C14H19ClFN/c1-13(2)6-3-7-14(17,9-13)11-8-10(16)4-5-12(11)15/h4-5,8H,3,6-7,9,17H2,1-2H3. The molecule has 0 saturated heterocycles. The fourth-order valence-electron chi connectivity index (χ4n) is 3.02. The van der Waals surface area contributed by atoms with E-state index in [1.54, 1.807) is 6.07 Å². The van der Waals surface area contributed by atoms with E-state index >= 15 is 0 Å². The molecule has 1 nitrogen and oxygen atoms in total. The fraction of sp³-hybridized carbons (Fsp3) is 0.571. The van der Waals surface area contributed by atoms with Gasteiger partial charge in [0.2, 0.25) is 0 Å². The minimum absolute atomic E-state index is 0.197. The van der Waals surface area contributed by atoms with Crippen molar-refractivity contribution in [3.05, 3.63) is 34.6 Å². The molecule has 1 fully saturated rings. The Bertz CT molecular complexity index is 430. The minimum atomic E-state index is -0.485. The predicted octanol–water partition coefficient (Wildman–Crippen LogP) is 4.23. The van der Waals surface area contributed by atoms with Crippen molar-refractivity contribution in [2.75, 3.05) is 0 Å². The first-order valence-electron chi connectivity index (χ1n) is 6.07. The lowest BCUT2D eigenvalue weighted by Crippen LogP contribution is -2.44. The smallest absolute Gasteiger partial charge is 0.123 e. The van der Waals surface area contributed by atoms with Gasteiger partial charge >= 0.3 is 0 Å². The Morgan fingerprint density at radius 2 is 2.00 bits per heavy atom. The molecule has 94 valence electrons. The van der Waals surface area contributed by atoms with Gasteiger partial charge in [-0.1, -0.05) is 31.9 Å². The monoisotopic (exact) mass is 255 g/mol. The first kappa shape index (κ1) is 12.8. The molecular formula is C14H19ClFN. The van der Waals surface area contributed by atoms with Gasteiger partial charge < -0.3 is 5.73 Å². The van der Waals surface area contributed by atoms with Crippen LogP contribution in [0.15, 0.2) is 18.2 Å². The number of hydrogen-bond acceptors (Lipinski definition) is 1. The Labute approximate surface area is 107 Å². The lowest BCUT2D eigenvalue weighted by molar-refractivity contribution is 0.151. The summed E-state index contributed by atoms with van der Waals surface area (Å²) >= 11 is 6.17. The lowest BCUT2D eigenvalue weighted by atomic mass is 9.66. The first-order valence-corrected chi connectivity index (χ1v) is 6.45. The summed E-state index contributed by atoms with van der Waals surface area (Å²) in [4.78, 5) is 0. The molecule has 3 heteroatoms. The van der Waals surface area contributed by atoms with Crippen molar-refractivity contribution in [3.63, 3.8) is 0 Å². The summed E-state index contributed by atoms with van der Waals surface area (Å²) in [5.41, 5.74) is 6.94. The van der Waals surface area contributed by atoms with Gasteiger partial charge in [-0.15, -0.1) is 0 Å². The van der Waals surface area contributed by atoms with Gasteiger partial charge in [-0.3, -0.25) is 0 Å². The molecule has 0 radical (unpaired) electrons. The van der Waals surface area contributed by atoms with Crippen molar-refractivity contribution in [1.82, 2.24) is 0 Å². The summed E-state index contributed by atoms with van der Waals surface area (Å²) in [6, 6.07) is 4.47. The van der Waals surface area contributed by atoms with Crippen molar-refractivity contribution in [1.29, 1.82) is 0 Å². The van der Waals surface area contributed by atoms with Crippen molar-refractivity contribution >= 4 is 11.6 Å². The zero-order chi connectivity index (χ0) is 12.7. The van der Waals surface area contributed by atoms with E-state index in [0.717, 1.165) is 24.8 Å². The largest absolute Gasteiger partial charge is 0.321 e. The van der Waals surface area contributed by atoms with Crippen LogP contribution in [0.4, 0.5) is 4.39 Å². The Balaban J connectivity index is 2.40. The fourth-order valence-corrected chi connectivity index (χ4v) is 3.33. The van der Waals surface area contributed by atoms with E-state index in [1.165, 1.54) is 18.6 Å². The molecule has 0 aliphatic heterocycles. The third kappa shape index (κ3) is 2.63. The zero-order valence-electron chi connectivity index (χ0n) is 10.4. The molecule has 2 rings (SSSR count). The van der Waals surface area contributed by atoms with Gasteiger partial charge in [0.15, 0.2) is 0 Å². The van der Waals surface area contributed by atoms with Gasteiger partial charge in [0.05, 0.1) is 0 Å². The molecular weight excluding hydrogens is 237 g/mol. The zero-order valence-corrected chi connectivity index (χ0v) is 11.1. The second-order valence-electron chi connectivity index (χ2n) is 5.97. The highest BCUT2D eigenvalue weighted by molar-refractivity contribution is 6.31. The van der Waals surface area contributed by atoms with Crippen molar-refractivity contribution in [2.24, 2.45) is 11.1 Å². The Morgan fingerprint density at radius 1 is 1.29 bits per heavy atom. The summed E-state index contributed by atoms with van der Waals surface area (Å²) in [6.07, 6.45) is 3.96. The summed E-state index contributed by atoms with van der Waals surface area (Å²) in [7, 11) is 0. The van der Waals surface area contributed by atoms with Gasteiger partial charge in [0.25, 0.3) is 0 Å². The van der Waals surface area contributed by atoms with E-state index in [2.05, 4.69) is 13.8 Å². The molecule has 1 saturated carbocycles. The highest BCUT2D eigenvalue weighted by Gasteiger charge is 2.39. The number of rotatable bonds is 1. The molecule has 17 heavy (non-hydrogen) atoms. The maximum atomic E-state index is 13.4. The van der Waals surface area contributed by atoms with Crippen LogP contribution in [0.3, 0.4) is 0 Å².